The van der Waals surface area contributed by atoms with E-state index in [1.165, 1.54) is 7.11 Å². The van der Waals surface area contributed by atoms with Crippen molar-refractivity contribution in [1.82, 2.24) is 4.90 Å². The summed E-state index contributed by atoms with van der Waals surface area (Å²) in [6.07, 6.45) is -4.56. The molecule has 0 aliphatic carbocycles. The van der Waals surface area contributed by atoms with Gasteiger partial charge in [-0.2, -0.15) is 0 Å². The Bertz CT molecular complexity index is 168. The molecule has 0 N–H and O–H groups in total. The molecule has 7 heteroatoms. The van der Waals surface area contributed by atoms with Gasteiger partial charge in [-0.1, -0.05) is 0 Å². The van der Waals surface area contributed by atoms with Gasteiger partial charge in [0.05, 0.1) is 18.6 Å². The second-order valence-corrected chi connectivity index (χ2v) is 3.73. The molecular formula is C8H15ClF3NO2. The normalized spacial score (nSPS) is 14.6. The number of halogens is 4. The predicted octanol–water partition coefficient (Wildman–Crippen LogP) is 1.71. The molecule has 0 amide bonds. The first kappa shape index (κ1) is 15.0. The Hall–Kier alpha value is -0.0400. The van der Waals surface area contributed by atoms with Crippen molar-refractivity contribution in [3.63, 3.8) is 0 Å². The lowest BCUT2D eigenvalue weighted by atomic mass is 10.4. The second-order valence-electron chi connectivity index (χ2n) is 3.11. The van der Waals surface area contributed by atoms with Crippen LogP contribution in [-0.4, -0.2) is 57.1 Å². The van der Waals surface area contributed by atoms with E-state index in [9.17, 15) is 13.2 Å². The quantitative estimate of drug-likeness (QED) is 0.641. The van der Waals surface area contributed by atoms with Crippen molar-refractivity contribution in [1.29, 1.82) is 0 Å². The zero-order valence-corrected chi connectivity index (χ0v) is 9.44. The molecular weight excluding hydrogens is 235 g/mol. The summed E-state index contributed by atoms with van der Waals surface area (Å²) in [6.45, 7) is 0.603. The SMILES string of the molecule is COCC(Cl)CN(C)CCOC(F)(F)F. The lowest BCUT2D eigenvalue weighted by Gasteiger charge is -2.19. The number of hydrogen-bond acceptors (Lipinski definition) is 3. The number of rotatable bonds is 7. The number of alkyl halides is 4. The van der Waals surface area contributed by atoms with E-state index >= 15 is 0 Å². The van der Waals surface area contributed by atoms with Crippen LogP contribution in [0.5, 0.6) is 0 Å². The smallest absolute Gasteiger partial charge is 0.383 e. The Morgan fingerprint density at radius 3 is 2.47 bits per heavy atom. The van der Waals surface area contributed by atoms with Gasteiger partial charge in [-0.3, -0.25) is 4.74 Å². The fraction of sp³-hybridized carbons (Fsp3) is 1.00. The minimum atomic E-state index is -4.56. The lowest BCUT2D eigenvalue weighted by Crippen LogP contribution is -2.32. The van der Waals surface area contributed by atoms with E-state index in [0.29, 0.717) is 13.2 Å². The van der Waals surface area contributed by atoms with Gasteiger partial charge in [0.15, 0.2) is 0 Å². The molecule has 0 fully saturated rings. The monoisotopic (exact) mass is 249 g/mol. The largest absolute Gasteiger partial charge is 0.522 e. The molecule has 0 saturated carbocycles. The van der Waals surface area contributed by atoms with Crippen LogP contribution in [0.25, 0.3) is 0 Å². The standard InChI is InChI=1S/C8H15ClF3NO2/c1-13(5-7(9)6-14-2)3-4-15-8(10,11)12/h7H,3-6H2,1-2H3. The van der Waals surface area contributed by atoms with Crippen LogP contribution >= 0.6 is 11.6 Å². The first-order chi connectivity index (χ1) is 6.85. The summed E-state index contributed by atoms with van der Waals surface area (Å²) in [6, 6.07) is 0. The molecule has 0 aromatic carbocycles. The van der Waals surface area contributed by atoms with Gasteiger partial charge in [0.25, 0.3) is 0 Å². The van der Waals surface area contributed by atoms with Gasteiger partial charge >= 0.3 is 6.36 Å². The molecule has 0 rings (SSSR count). The third-order valence-electron chi connectivity index (χ3n) is 1.60. The third-order valence-corrected chi connectivity index (χ3v) is 1.86. The maximum atomic E-state index is 11.6. The van der Waals surface area contributed by atoms with Crippen molar-refractivity contribution < 1.29 is 22.6 Å². The molecule has 15 heavy (non-hydrogen) atoms. The van der Waals surface area contributed by atoms with E-state index in [4.69, 9.17) is 16.3 Å². The number of likely N-dealkylation sites (N-methyl/N-ethyl adjacent to an activating group) is 1. The van der Waals surface area contributed by atoms with Gasteiger partial charge < -0.3 is 9.64 Å². The van der Waals surface area contributed by atoms with E-state index < -0.39 is 13.0 Å². The maximum Gasteiger partial charge on any atom is 0.522 e. The van der Waals surface area contributed by atoms with Crippen molar-refractivity contribution in [2.24, 2.45) is 0 Å². The second kappa shape index (κ2) is 7.27. The number of nitrogens with zero attached hydrogens (tertiary/aromatic N) is 1. The maximum absolute atomic E-state index is 11.6. The Balaban J connectivity index is 3.53. The fourth-order valence-electron chi connectivity index (χ4n) is 0.980. The summed E-state index contributed by atoms with van der Waals surface area (Å²) in [7, 11) is 3.19. The summed E-state index contributed by atoms with van der Waals surface area (Å²) >= 11 is 5.81. The van der Waals surface area contributed by atoms with E-state index in [1.807, 2.05) is 0 Å². The Morgan fingerprint density at radius 2 is 2.00 bits per heavy atom. The Kier molecular flexibility index (Phi) is 7.25. The molecule has 0 radical (unpaired) electrons. The van der Waals surface area contributed by atoms with Crippen LogP contribution in [0, 0.1) is 0 Å². The molecule has 0 heterocycles. The zero-order chi connectivity index (χ0) is 11.9. The van der Waals surface area contributed by atoms with Gasteiger partial charge in [-0.25, -0.2) is 0 Å². The lowest BCUT2D eigenvalue weighted by molar-refractivity contribution is -0.324. The summed E-state index contributed by atoms with van der Waals surface area (Å²) in [5.41, 5.74) is 0. The summed E-state index contributed by atoms with van der Waals surface area (Å²) < 4.78 is 43.2. The third kappa shape index (κ3) is 10.2. The van der Waals surface area contributed by atoms with Gasteiger partial charge in [0.1, 0.15) is 0 Å². The first-order valence-corrected chi connectivity index (χ1v) is 4.81. The van der Waals surface area contributed by atoms with Crippen LogP contribution in [0.3, 0.4) is 0 Å². The molecule has 0 bridgehead atoms. The van der Waals surface area contributed by atoms with E-state index in [1.54, 1.807) is 11.9 Å². The molecule has 92 valence electrons. The molecule has 0 aromatic heterocycles. The molecule has 0 aromatic rings. The molecule has 0 aliphatic rings. The van der Waals surface area contributed by atoms with Crippen LogP contribution in [0.2, 0.25) is 0 Å². The number of methoxy groups -OCH3 is 1. The van der Waals surface area contributed by atoms with Crippen LogP contribution in [-0.2, 0) is 9.47 Å². The van der Waals surface area contributed by atoms with Gasteiger partial charge in [0, 0.05) is 20.2 Å². The molecule has 0 aliphatic heterocycles. The summed E-state index contributed by atoms with van der Waals surface area (Å²) in [5.74, 6) is 0. The Morgan fingerprint density at radius 1 is 1.40 bits per heavy atom. The highest BCUT2D eigenvalue weighted by Crippen LogP contribution is 2.15. The van der Waals surface area contributed by atoms with Crippen LogP contribution in [0.4, 0.5) is 13.2 Å². The van der Waals surface area contributed by atoms with E-state index in [0.717, 1.165) is 0 Å². The fourth-order valence-corrected chi connectivity index (χ4v) is 1.34. The van der Waals surface area contributed by atoms with Crippen molar-refractivity contribution in [2.45, 2.75) is 11.7 Å². The van der Waals surface area contributed by atoms with Crippen molar-refractivity contribution in [3.05, 3.63) is 0 Å². The number of ether oxygens (including phenoxy) is 2. The van der Waals surface area contributed by atoms with Crippen LogP contribution < -0.4 is 0 Å². The van der Waals surface area contributed by atoms with Crippen LogP contribution in [0.15, 0.2) is 0 Å². The van der Waals surface area contributed by atoms with Crippen molar-refractivity contribution in [2.75, 3.05) is 40.5 Å². The molecule has 3 nitrogen and oxygen atoms in total. The first-order valence-electron chi connectivity index (χ1n) is 4.37. The summed E-state index contributed by atoms with van der Waals surface area (Å²) in [4.78, 5) is 1.66. The minimum Gasteiger partial charge on any atom is -0.383 e. The molecule has 0 saturated heterocycles. The van der Waals surface area contributed by atoms with E-state index in [2.05, 4.69) is 4.74 Å². The van der Waals surface area contributed by atoms with E-state index in [-0.39, 0.29) is 11.9 Å². The van der Waals surface area contributed by atoms with Gasteiger partial charge in [-0.05, 0) is 7.05 Å². The highest BCUT2D eigenvalue weighted by molar-refractivity contribution is 6.20. The molecule has 1 atom stereocenters. The molecule has 1 unspecified atom stereocenters. The minimum absolute atomic E-state index is 0.173. The topological polar surface area (TPSA) is 21.7 Å². The zero-order valence-electron chi connectivity index (χ0n) is 8.68. The van der Waals surface area contributed by atoms with Crippen molar-refractivity contribution in [3.8, 4) is 0 Å². The van der Waals surface area contributed by atoms with Crippen LogP contribution in [0.1, 0.15) is 0 Å². The Labute approximate surface area is 92.1 Å². The van der Waals surface area contributed by atoms with Gasteiger partial charge in [-0.15, -0.1) is 24.8 Å². The predicted molar refractivity (Wildman–Crippen MR) is 51.0 cm³/mol. The highest BCUT2D eigenvalue weighted by Gasteiger charge is 2.28. The van der Waals surface area contributed by atoms with Gasteiger partial charge in [0.2, 0.25) is 0 Å². The average Bonchev–Trinajstić information content (AvgIpc) is 2.01. The summed E-state index contributed by atoms with van der Waals surface area (Å²) in [5, 5.41) is -0.231. The average molecular weight is 250 g/mol. The van der Waals surface area contributed by atoms with Crippen molar-refractivity contribution >= 4 is 11.6 Å². The highest BCUT2D eigenvalue weighted by atomic mass is 35.5. The molecule has 0 spiro atoms. The number of hydrogen-bond donors (Lipinski definition) is 0.